The minimum atomic E-state index is -1.10. The van der Waals surface area contributed by atoms with E-state index in [2.05, 4.69) is 16.0 Å². The third-order valence-electron chi connectivity index (χ3n) is 6.13. The number of carbonyl (C=O) groups excluding carboxylic acids is 2. The zero-order valence-corrected chi connectivity index (χ0v) is 21.7. The fourth-order valence-electron chi connectivity index (χ4n) is 4.07. The van der Waals surface area contributed by atoms with Gasteiger partial charge in [0.05, 0.1) is 18.3 Å². The third kappa shape index (κ3) is 8.82. The lowest BCUT2D eigenvalue weighted by Crippen LogP contribution is -2.50. The molecule has 2 amide bonds. The molecule has 1 fully saturated rings. The van der Waals surface area contributed by atoms with E-state index in [1.807, 2.05) is 0 Å². The maximum Gasteiger partial charge on any atom is 0.404 e. The van der Waals surface area contributed by atoms with Gasteiger partial charge in [-0.05, 0) is 42.0 Å². The van der Waals surface area contributed by atoms with Crippen molar-refractivity contribution < 1.29 is 41.4 Å². The van der Waals surface area contributed by atoms with Crippen LogP contribution in [0.4, 0.5) is 33.7 Å². The Morgan fingerprint density at radius 3 is 2.29 bits per heavy atom. The molecule has 41 heavy (non-hydrogen) atoms. The van der Waals surface area contributed by atoms with E-state index in [0.717, 1.165) is 6.07 Å². The van der Waals surface area contributed by atoms with Crippen LogP contribution in [0.3, 0.4) is 0 Å². The van der Waals surface area contributed by atoms with E-state index in [4.69, 9.17) is 19.9 Å². The highest BCUT2D eigenvalue weighted by Gasteiger charge is 2.26. The standard InChI is InChI=1S/C28H28F4N4O5/c29-17-3-1-16(2-4-17)9-25(27(37)35-20-7-5-18(30)6-8-20)36-24-11-19(31)10-23(32)26(24)40-15-22-12-34-21(13-39-22)14-41-28(33)38/h1-8,10-11,21-22,25,34,36H,9,12-15H2,(H2,33,38)(H,35,37)/t21-,22-,25-/m0/s1. The zero-order valence-electron chi connectivity index (χ0n) is 21.7. The molecule has 0 aromatic heterocycles. The number of ether oxygens (including phenoxy) is 3. The van der Waals surface area contributed by atoms with Crippen LogP contribution in [0.5, 0.6) is 5.75 Å². The molecule has 0 spiro atoms. The summed E-state index contributed by atoms with van der Waals surface area (Å²) in [5.74, 6) is -3.82. The molecule has 0 bridgehead atoms. The Bertz CT molecular complexity index is 1340. The van der Waals surface area contributed by atoms with Gasteiger partial charge in [0.2, 0.25) is 5.91 Å². The highest BCUT2D eigenvalue weighted by molar-refractivity contribution is 5.97. The predicted octanol–water partition coefficient (Wildman–Crippen LogP) is 3.74. The number of primary amides is 1. The van der Waals surface area contributed by atoms with Gasteiger partial charge in [-0.15, -0.1) is 0 Å². The molecule has 3 atom stereocenters. The normalized spacial score (nSPS) is 17.4. The number of hydrogen-bond acceptors (Lipinski definition) is 7. The van der Waals surface area contributed by atoms with Gasteiger partial charge in [-0.2, -0.15) is 0 Å². The molecule has 13 heteroatoms. The van der Waals surface area contributed by atoms with Crippen LogP contribution in [0, 0.1) is 23.3 Å². The van der Waals surface area contributed by atoms with Crippen LogP contribution in [-0.2, 0) is 20.7 Å². The average Bonchev–Trinajstić information content (AvgIpc) is 2.94. The van der Waals surface area contributed by atoms with Crippen LogP contribution < -0.4 is 26.4 Å². The monoisotopic (exact) mass is 576 g/mol. The molecule has 1 aliphatic rings. The molecule has 1 heterocycles. The number of nitrogens with one attached hydrogen (secondary N) is 3. The number of halogens is 4. The summed E-state index contributed by atoms with van der Waals surface area (Å²) in [4.78, 5) is 24.0. The summed E-state index contributed by atoms with van der Waals surface area (Å²) in [5.41, 5.74) is 5.68. The largest absolute Gasteiger partial charge is 0.486 e. The molecule has 5 N–H and O–H groups in total. The van der Waals surface area contributed by atoms with Crippen molar-refractivity contribution in [2.75, 3.05) is 37.0 Å². The fourth-order valence-corrected chi connectivity index (χ4v) is 4.07. The Balaban J connectivity index is 1.49. The maximum absolute atomic E-state index is 14.9. The van der Waals surface area contributed by atoms with Crippen LogP contribution >= 0.6 is 0 Å². The molecular formula is C28H28F4N4O5. The smallest absolute Gasteiger partial charge is 0.404 e. The number of benzene rings is 3. The molecule has 0 unspecified atom stereocenters. The number of morpholine rings is 1. The topological polar surface area (TPSA) is 124 Å². The molecule has 0 saturated carbocycles. The summed E-state index contributed by atoms with van der Waals surface area (Å²) in [5, 5.41) is 8.58. The molecule has 0 aliphatic carbocycles. The van der Waals surface area contributed by atoms with Crippen molar-refractivity contribution in [1.82, 2.24) is 5.32 Å². The highest BCUT2D eigenvalue weighted by Crippen LogP contribution is 2.31. The Kier molecular flexibility index (Phi) is 9.98. The first-order chi connectivity index (χ1) is 19.7. The van der Waals surface area contributed by atoms with Crippen LogP contribution in [0.25, 0.3) is 0 Å². The van der Waals surface area contributed by atoms with Gasteiger partial charge in [-0.3, -0.25) is 4.79 Å². The second-order valence-corrected chi connectivity index (χ2v) is 9.29. The first kappa shape index (κ1) is 29.6. The molecule has 4 rings (SSSR count). The molecular weight excluding hydrogens is 548 g/mol. The van der Waals surface area contributed by atoms with Crippen LogP contribution in [0.15, 0.2) is 60.7 Å². The van der Waals surface area contributed by atoms with Crippen LogP contribution in [0.2, 0.25) is 0 Å². The SMILES string of the molecule is NC(=O)OC[C@@H]1CO[C@H](COc2c(F)cc(F)cc2N[C@@H](Cc2ccc(F)cc2)C(=O)Nc2ccc(F)cc2)CN1. The molecule has 1 aliphatic heterocycles. The number of carbonyl (C=O) groups is 2. The minimum absolute atomic E-state index is 0.00923. The van der Waals surface area contributed by atoms with Gasteiger partial charge in [-0.1, -0.05) is 12.1 Å². The summed E-state index contributed by atoms with van der Waals surface area (Å²) in [6.07, 6.45) is -1.42. The lowest BCUT2D eigenvalue weighted by atomic mass is 10.0. The van der Waals surface area contributed by atoms with E-state index < -0.39 is 47.4 Å². The predicted molar refractivity (Wildman–Crippen MR) is 141 cm³/mol. The van der Waals surface area contributed by atoms with Gasteiger partial charge < -0.3 is 35.9 Å². The van der Waals surface area contributed by atoms with Crippen LogP contribution in [0.1, 0.15) is 5.56 Å². The van der Waals surface area contributed by atoms with Crippen molar-refractivity contribution in [2.45, 2.75) is 24.6 Å². The van der Waals surface area contributed by atoms with Crippen molar-refractivity contribution in [3.8, 4) is 5.75 Å². The molecule has 3 aromatic rings. The number of anilines is 2. The van der Waals surface area contributed by atoms with E-state index in [1.165, 1.54) is 48.5 Å². The average molecular weight is 577 g/mol. The summed E-state index contributed by atoms with van der Waals surface area (Å²) in [6, 6.07) is 10.7. The quantitative estimate of drug-likeness (QED) is 0.257. The van der Waals surface area contributed by atoms with Crippen molar-refractivity contribution in [1.29, 1.82) is 0 Å². The fraction of sp³-hybridized carbons (Fsp3) is 0.286. The number of rotatable bonds is 11. The lowest BCUT2D eigenvalue weighted by molar-refractivity contribution is -0.116. The van der Waals surface area contributed by atoms with Gasteiger partial charge in [-0.25, -0.2) is 22.4 Å². The minimum Gasteiger partial charge on any atom is -0.486 e. The Labute approximate surface area is 233 Å². The number of amides is 2. The van der Waals surface area contributed by atoms with Gasteiger partial charge in [0, 0.05) is 30.8 Å². The molecule has 0 radical (unpaired) electrons. The first-order valence-corrected chi connectivity index (χ1v) is 12.6. The molecule has 3 aromatic carbocycles. The highest BCUT2D eigenvalue weighted by atomic mass is 19.1. The van der Waals surface area contributed by atoms with Gasteiger partial charge in [0.1, 0.15) is 42.8 Å². The Hall–Kier alpha value is -4.36. The Morgan fingerprint density at radius 2 is 1.66 bits per heavy atom. The first-order valence-electron chi connectivity index (χ1n) is 12.6. The summed E-state index contributed by atoms with van der Waals surface area (Å²) < 4.78 is 72.1. The van der Waals surface area contributed by atoms with Gasteiger partial charge >= 0.3 is 6.09 Å². The maximum atomic E-state index is 14.9. The Morgan fingerprint density at radius 1 is 0.976 bits per heavy atom. The second kappa shape index (κ2) is 13.8. The summed E-state index contributed by atoms with van der Waals surface area (Å²) >= 11 is 0. The van der Waals surface area contributed by atoms with E-state index in [-0.39, 0.29) is 50.3 Å². The second-order valence-electron chi connectivity index (χ2n) is 9.29. The van der Waals surface area contributed by atoms with E-state index in [1.54, 1.807) is 0 Å². The molecule has 9 nitrogen and oxygen atoms in total. The van der Waals surface area contributed by atoms with E-state index in [0.29, 0.717) is 17.3 Å². The summed E-state index contributed by atoms with van der Waals surface area (Å²) in [7, 11) is 0. The number of hydrogen-bond donors (Lipinski definition) is 4. The molecule has 218 valence electrons. The lowest BCUT2D eigenvalue weighted by Gasteiger charge is -2.30. The van der Waals surface area contributed by atoms with Crippen molar-refractivity contribution in [3.63, 3.8) is 0 Å². The zero-order chi connectivity index (χ0) is 29.4. The van der Waals surface area contributed by atoms with E-state index in [9.17, 15) is 27.2 Å². The van der Waals surface area contributed by atoms with Crippen molar-refractivity contribution in [2.24, 2.45) is 5.73 Å². The van der Waals surface area contributed by atoms with E-state index >= 15 is 0 Å². The van der Waals surface area contributed by atoms with Crippen molar-refractivity contribution >= 4 is 23.4 Å². The van der Waals surface area contributed by atoms with Gasteiger partial charge in [0.15, 0.2) is 11.6 Å². The number of nitrogens with two attached hydrogens (primary N) is 1. The van der Waals surface area contributed by atoms with Crippen LogP contribution in [-0.4, -0.2) is 56.6 Å². The van der Waals surface area contributed by atoms with Gasteiger partial charge in [0.25, 0.3) is 0 Å². The summed E-state index contributed by atoms with van der Waals surface area (Å²) in [6.45, 7) is 0.338. The van der Waals surface area contributed by atoms with Crippen molar-refractivity contribution in [3.05, 3.63) is 89.5 Å². The third-order valence-corrected chi connectivity index (χ3v) is 6.13. The molecule has 1 saturated heterocycles.